The van der Waals surface area contributed by atoms with Crippen molar-refractivity contribution in [2.45, 2.75) is 44.8 Å². The minimum absolute atomic E-state index is 0.213. The molecule has 0 fully saturated rings. The van der Waals surface area contributed by atoms with Gasteiger partial charge in [-0.1, -0.05) is 69.3 Å². The maximum Gasteiger partial charge on any atom is 0.307 e. The van der Waals surface area contributed by atoms with Gasteiger partial charge in [-0.3, -0.25) is 14.2 Å². The Hall–Kier alpha value is -2.63. The van der Waals surface area contributed by atoms with Gasteiger partial charge in [0.05, 0.1) is 5.92 Å². The van der Waals surface area contributed by atoms with Crippen molar-refractivity contribution in [3.05, 3.63) is 65.7 Å². The highest BCUT2D eigenvalue weighted by Gasteiger charge is 2.38. The van der Waals surface area contributed by atoms with E-state index < -0.39 is 37.2 Å². The van der Waals surface area contributed by atoms with E-state index >= 15 is 0 Å². The predicted octanol–water partition coefficient (Wildman–Crippen LogP) is 4.93. The molecule has 0 aliphatic heterocycles. The lowest BCUT2D eigenvalue weighted by Gasteiger charge is -2.30. The van der Waals surface area contributed by atoms with Crippen LogP contribution in [0.1, 0.15) is 50.5 Å². The number of anilines is 1. The molecule has 3 unspecified atom stereocenters. The Labute approximate surface area is 182 Å². The quantitative estimate of drug-likeness (QED) is 0.381. The van der Waals surface area contributed by atoms with Crippen molar-refractivity contribution in [3.63, 3.8) is 0 Å². The molecule has 0 saturated heterocycles. The number of aliphatic carboxylic acids is 2. The molecule has 168 valence electrons. The highest BCUT2D eigenvalue weighted by atomic mass is 31.2. The lowest BCUT2D eigenvalue weighted by Crippen LogP contribution is -2.24. The first kappa shape index (κ1) is 24.6. The Morgan fingerprint density at radius 2 is 1.58 bits per heavy atom. The lowest BCUT2D eigenvalue weighted by molar-refractivity contribution is -0.142. The fourth-order valence-electron chi connectivity index (χ4n) is 3.47. The Bertz CT molecular complexity index is 954. The molecule has 0 bridgehead atoms. The predicted molar refractivity (Wildman–Crippen MR) is 121 cm³/mol. The molecule has 2 rings (SSSR count). The molecule has 0 aliphatic carbocycles. The molecule has 3 atom stereocenters. The fourth-order valence-corrected chi connectivity index (χ4v) is 5.63. The van der Waals surface area contributed by atoms with Crippen LogP contribution in [0.5, 0.6) is 0 Å². The van der Waals surface area contributed by atoms with E-state index in [-0.39, 0.29) is 18.3 Å². The molecule has 2 aromatic carbocycles. The highest BCUT2D eigenvalue weighted by Crippen LogP contribution is 2.57. The van der Waals surface area contributed by atoms with Crippen LogP contribution >= 0.6 is 7.37 Å². The lowest BCUT2D eigenvalue weighted by atomic mass is 9.86. The second kappa shape index (κ2) is 10.1. The average molecular weight is 447 g/mol. The van der Waals surface area contributed by atoms with Crippen LogP contribution in [0.15, 0.2) is 54.6 Å². The van der Waals surface area contributed by atoms with Crippen LogP contribution in [-0.2, 0) is 19.6 Å². The van der Waals surface area contributed by atoms with Gasteiger partial charge in [0.1, 0.15) is 5.78 Å². The molecule has 4 N–H and O–H groups in total. The Balaban J connectivity index is 2.44. The first-order valence-corrected chi connectivity index (χ1v) is 12.0. The second-order valence-corrected chi connectivity index (χ2v) is 11.1. The number of rotatable bonds is 10. The molecule has 2 aromatic rings. The van der Waals surface area contributed by atoms with E-state index in [0.717, 1.165) is 5.56 Å². The van der Waals surface area contributed by atoms with Crippen molar-refractivity contribution in [2.24, 2.45) is 5.92 Å². The van der Waals surface area contributed by atoms with Gasteiger partial charge in [0.2, 0.25) is 7.37 Å². The maximum absolute atomic E-state index is 13.5. The number of nitrogens with one attached hydrogen (secondary N) is 1. The Morgan fingerprint density at radius 3 is 2.13 bits per heavy atom. The number of hydrogen-bond acceptors (Lipinski definition) is 4. The van der Waals surface area contributed by atoms with Crippen LogP contribution in [0, 0.1) is 5.92 Å². The molecule has 0 aliphatic rings. The normalized spacial score (nSPS) is 15.5. The number of carboxylic acids is 2. The first-order valence-electron chi connectivity index (χ1n) is 10.1. The van der Waals surface area contributed by atoms with Gasteiger partial charge in [-0.05, 0) is 29.0 Å². The standard InChI is InChI=1S/C23H30NO6P/c1-23(2,3)18-11-7-8-12-19(18)24-21(16-9-5-4-6-10-16)31(29,30)15-17(22(27)28)13-14-20(25)26/h4-12,17,21,24H,13-15H2,1-3H3,(H,25,26)(H,27,28)(H,29,30). The third-order valence-electron chi connectivity index (χ3n) is 5.08. The molecule has 0 saturated carbocycles. The van der Waals surface area contributed by atoms with E-state index in [1.165, 1.54) is 0 Å². The molecule has 0 radical (unpaired) electrons. The largest absolute Gasteiger partial charge is 0.481 e. The molecule has 8 heteroatoms. The van der Waals surface area contributed by atoms with Gasteiger partial charge < -0.3 is 20.4 Å². The third kappa shape index (κ3) is 6.94. The van der Waals surface area contributed by atoms with Gasteiger partial charge in [0, 0.05) is 18.3 Å². The molecule has 0 spiro atoms. The minimum atomic E-state index is -4.12. The van der Waals surface area contributed by atoms with Crippen molar-refractivity contribution >= 4 is 25.0 Å². The topological polar surface area (TPSA) is 124 Å². The van der Waals surface area contributed by atoms with Crippen LogP contribution in [0.4, 0.5) is 5.69 Å². The molecular weight excluding hydrogens is 417 g/mol. The van der Waals surface area contributed by atoms with Gasteiger partial charge in [0.25, 0.3) is 0 Å². The van der Waals surface area contributed by atoms with Crippen molar-refractivity contribution < 1.29 is 29.3 Å². The van der Waals surface area contributed by atoms with Crippen molar-refractivity contribution in [3.8, 4) is 0 Å². The number of benzene rings is 2. The van der Waals surface area contributed by atoms with E-state index in [2.05, 4.69) is 5.32 Å². The summed E-state index contributed by atoms with van der Waals surface area (Å²) in [5.41, 5.74) is 1.97. The zero-order valence-corrected chi connectivity index (χ0v) is 18.9. The van der Waals surface area contributed by atoms with Crippen molar-refractivity contribution in [2.75, 3.05) is 11.5 Å². The summed E-state index contributed by atoms with van der Waals surface area (Å²) in [4.78, 5) is 33.6. The summed E-state index contributed by atoms with van der Waals surface area (Å²) in [6.07, 6.45) is -1.12. The van der Waals surface area contributed by atoms with E-state index in [1.54, 1.807) is 30.3 Å². The van der Waals surface area contributed by atoms with Crippen molar-refractivity contribution in [1.29, 1.82) is 0 Å². The average Bonchev–Trinajstić information content (AvgIpc) is 2.69. The van der Waals surface area contributed by atoms with Crippen LogP contribution in [0.3, 0.4) is 0 Å². The molecule has 7 nitrogen and oxygen atoms in total. The van der Waals surface area contributed by atoms with Gasteiger partial charge in [-0.15, -0.1) is 0 Å². The summed E-state index contributed by atoms with van der Waals surface area (Å²) in [5, 5.41) is 21.6. The monoisotopic (exact) mass is 447 g/mol. The second-order valence-electron chi connectivity index (χ2n) is 8.66. The van der Waals surface area contributed by atoms with Crippen LogP contribution in [-0.4, -0.2) is 33.2 Å². The highest BCUT2D eigenvalue weighted by molar-refractivity contribution is 7.58. The van der Waals surface area contributed by atoms with E-state index in [0.29, 0.717) is 11.3 Å². The number of hydrogen-bond donors (Lipinski definition) is 4. The summed E-state index contributed by atoms with van der Waals surface area (Å²) in [7, 11) is -4.12. The summed E-state index contributed by atoms with van der Waals surface area (Å²) < 4.78 is 13.5. The maximum atomic E-state index is 13.5. The first-order chi connectivity index (χ1) is 14.4. The minimum Gasteiger partial charge on any atom is -0.481 e. The van der Waals surface area contributed by atoms with Crippen LogP contribution < -0.4 is 5.32 Å². The molecule has 0 aromatic heterocycles. The zero-order valence-electron chi connectivity index (χ0n) is 18.0. The van der Waals surface area contributed by atoms with Gasteiger partial charge in [-0.25, -0.2) is 0 Å². The summed E-state index contributed by atoms with van der Waals surface area (Å²) in [5.74, 6) is -4.70. The smallest absolute Gasteiger partial charge is 0.307 e. The summed E-state index contributed by atoms with van der Waals surface area (Å²) >= 11 is 0. The zero-order chi connectivity index (χ0) is 23.2. The molecule has 31 heavy (non-hydrogen) atoms. The molecule has 0 heterocycles. The summed E-state index contributed by atoms with van der Waals surface area (Å²) in [6, 6.07) is 16.2. The number of para-hydroxylation sites is 1. The SMILES string of the molecule is CC(C)(C)c1ccccc1NC(c1ccccc1)P(=O)(O)CC(CCC(=O)O)C(=O)O. The van der Waals surface area contributed by atoms with Gasteiger partial charge >= 0.3 is 11.9 Å². The van der Waals surface area contributed by atoms with Crippen LogP contribution in [0.2, 0.25) is 0 Å². The van der Waals surface area contributed by atoms with Crippen LogP contribution in [0.25, 0.3) is 0 Å². The fraction of sp³-hybridized carbons (Fsp3) is 0.391. The Kier molecular flexibility index (Phi) is 8.04. The molecular formula is C23H30NO6P. The van der Waals surface area contributed by atoms with E-state index in [4.69, 9.17) is 5.11 Å². The van der Waals surface area contributed by atoms with E-state index in [1.807, 2.05) is 45.0 Å². The van der Waals surface area contributed by atoms with Gasteiger partial charge in [0.15, 0.2) is 0 Å². The van der Waals surface area contributed by atoms with Gasteiger partial charge in [-0.2, -0.15) is 0 Å². The number of carboxylic acid groups (broad SMARTS) is 2. The molecule has 0 amide bonds. The number of carbonyl (C=O) groups is 2. The van der Waals surface area contributed by atoms with E-state index in [9.17, 15) is 24.2 Å². The van der Waals surface area contributed by atoms with Crippen molar-refractivity contribution in [1.82, 2.24) is 0 Å². The summed E-state index contributed by atoms with van der Waals surface area (Å²) in [6.45, 7) is 6.11. The third-order valence-corrected chi connectivity index (χ3v) is 7.28. The Morgan fingerprint density at radius 1 is 1.00 bits per heavy atom.